The Bertz CT molecular complexity index is 485. The lowest BCUT2D eigenvalue weighted by molar-refractivity contribution is -0.141. The van der Waals surface area contributed by atoms with Gasteiger partial charge in [0, 0.05) is 30.5 Å². The first kappa shape index (κ1) is 14.8. The molecule has 2 saturated heterocycles. The summed E-state index contributed by atoms with van der Waals surface area (Å²) >= 11 is 0. The average molecular weight is 314 g/mol. The van der Waals surface area contributed by atoms with Crippen LogP contribution in [0.5, 0.6) is 0 Å². The molecule has 2 heterocycles. The highest BCUT2D eigenvalue weighted by molar-refractivity contribution is 5.82. The van der Waals surface area contributed by atoms with Crippen LogP contribution in [0.15, 0.2) is 0 Å². The molecule has 2 saturated carbocycles. The van der Waals surface area contributed by atoms with Gasteiger partial charge in [0.2, 0.25) is 5.91 Å². The van der Waals surface area contributed by atoms with Crippen LogP contribution in [0, 0.1) is 10.8 Å². The van der Waals surface area contributed by atoms with Crippen LogP contribution in [0.3, 0.4) is 0 Å². The zero-order chi connectivity index (χ0) is 15.6. The van der Waals surface area contributed by atoms with Crippen molar-refractivity contribution in [3.63, 3.8) is 0 Å². The quantitative estimate of drug-likeness (QED) is 0.802. The molecule has 4 aliphatic rings. The number of rotatable bonds is 1. The smallest absolute Gasteiger partial charge is 0.260 e. The average Bonchev–Trinajstić information content (AvgIpc) is 2.89. The number of carbonyl (C=O) groups excluding carboxylic acids is 1. The Kier molecular flexibility index (Phi) is 3.12. The molecule has 2 atom stereocenters. The second kappa shape index (κ2) is 4.63. The van der Waals surface area contributed by atoms with Gasteiger partial charge in [-0.1, -0.05) is 6.42 Å². The van der Waals surface area contributed by atoms with E-state index >= 15 is 0 Å². The van der Waals surface area contributed by atoms with E-state index in [2.05, 4.69) is 5.32 Å². The van der Waals surface area contributed by atoms with Gasteiger partial charge in [-0.25, -0.2) is 8.78 Å². The zero-order valence-electron chi connectivity index (χ0n) is 13.0. The number of fused-ring (bicyclic) bond motifs is 1. The van der Waals surface area contributed by atoms with Crippen LogP contribution in [0.25, 0.3) is 0 Å². The van der Waals surface area contributed by atoms with Crippen molar-refractivity contribution in [2.75, 3.05) is 26.2 Å². The lowest BCUT2D eigenvalue weighted by atomic mass is 9.72. The first-order chi connectivity index (χ1) is 10.5. The van der Waals surface area contributed by atoms with E-state index in [0.717, 1.165) is 6.42 Å². The van der Waals surface area contributed by atoms with Crippen LogP contribution in [0.1, 0.15) is 39.0 Å². The molecule has 22 heavy (non-hydrogen) atoms. The number of carbonyl (C=O) groups is 1. The van der Waals surface area contributed by atoms with Gasteiger partial charge in [-0.2, -0.15) is 0 Å². The lowest BCUT2D eigenvalue weighted by Crippen LogP contribution is -2.57. The number of piperidine rings is 1. The molecule has 4 nitrogen and oxygen atoms in total. The summed E-state index contributed by atoms with van der Waals surface area (Å²) in [4.78, 5) is 14.4. The highest BCUT2D eigenvalue weighted by atomic mass is 19.3. The molecule has 1 N–H and O–H groups in total. The van der Waals surface area contributed by atoms with E-state index in [4.69, 9.17) is 4.74 Å². The summed E-state index contributed by atoms with van der Waals surface area (Å²) in [6.45, 7) is 4.09. The summed E-state index contributed by atoms with van der Waals surface area (Å²) in [7, 11) is 0. The monoisotopic (exact) mass is 314 g/mol. The summed E-state index contributed by atoms with van der Waals surface area (Å²) < 4.78 is 34.3. The van der Waals surface area contributed by atoms with Crippen molar-refractivity contribution >= 4 is 5.91 Å². The molecule has 0 aromatic carbocycles. The maximum absolute atomic E-state index is 14.4. The molecule has 124 valence electrons. The number of nitrogens with one attached hydrogen (secondary N) is 1. The van der Waals surface area contributed by atoms with Gasteiger partial charge in [0.25, 0.3) is 5.92 Å². The normalized spacial score (nSPS) is 37.9. The van der Waals surface area contributed by atoms with E-state index in [-0.39, 0.29) is 18.1 Å². The first-order valence-corrected chi connectivity index (χ1v) is 8.47. The molecule has 2 aliphatic carbocycles. The fourth-order valence-corrected chi connectivity index (χ4v) is 5.17. The van der Waals surface area contributed by atoms with Gasteiger partial charge >= 0.3 is 0 Å². The third kappa shape index (κ3) is 1.60. The molecule has 0 radical (unpaired) electrons. The molecule has 2 spiro atoms. The Morgan fingerprint density at radius 1 is 1.18 bits per heavy atom. The van der Waals surface area contributed by atoms with E-state index < -0.39 is 16.8 Å². The van der Waals surface area contributed by atoms with Gasteiger partial charge in [0.1, 0.15) is 6.04 Å². The van der Waals surface area contributed by atoms with Crippen molar-refractivity contribution < 1.29 is 18.3 Å². The predicted octanol–water partition coefficient (Wildman–Crippen LogP) is 1.79. The minimum Gasteiger partial charge on any atom is -0.375 e. The summed E-state index contributed by atoms with van der Waals surface area (Å²) in [5, 5.41) is 3.19. The molecule has 0 aromatic heterocycles. The van der Waals surface area contributed by atoms with Crippen LogP contribution < -0.4 is 5.32 Å². The molecular formula is C16H24F2N2O2. The number of nitrogens with zero attached hydrogens (tertiary/aromatic N) is 1. The number of likely N-dealkylation sites (tertiary alicyclic amines) is 1. The van der Waals surface area contributed by atoms with Crippen molar-refractivity contribution in [2.45, 2.75) is 57.1 Å². The van der Waals surface area contributed by atoms with E-state index in [1.165, 1.54) is 0 Å². The number of ether oxygens (including phenoxy) is 1. The number of alkyl halides is 2. The Hall–Kier alpha value is -0.750. The minimum absolute atomic E-state index is 0.00803. The molecule has 0 bridgehead atoms. The largest absolute Gasteiger partial charge is 0.375 e. The van der Waals surface area contributed by atoms with Crippen molar-refractivity contribution in [2.24, 2.45) is 10.8 Å². The third-order valence-electron chi connectivity index (χ3n) is 6.77. The Balaban J connectivity index is 1.41. The maximum Gasteiger partial charge on any atom is 0.260 e. The van der Waals surface area contributed by atoms with Gasteiger partial charge in [0.15, 0.2) is 0 Å². The van der Waals surface area contributed by atoms with E-state index in [9.17, 15) is 13.6 Å². The van der Waals surface area contributed by atoms with Crippen LogP contribution in [-0.2, 0) is 9.53 Å². The second-order valence-electron chi connectivity index (χ2n) is 7.43. The summed E-state index contributed by atoms with van der Waals surface area (Å²) in [5.41, 5.74) is -1.52. The van der Waals surface area contributed by atoms with Crippen molar-refractivity contribution in [3.8, 4) is 0 Å². The first-order valence-electron chi connectivity index (χ1n) is 8.47. The predicted molar refractivity (Wildman–Crippen MR) is 76.7 cm³/mol. The fraction of sp³-hybridized carbons (Fsp3) is 0.938. The Morgan fingerprint density at radius 3 is 2.32 bits per heavy atom. The van der Waals surface area contributed by atoms with E-state index in [0.29, 0.717) is 51.9 Å². The van der Waals surface area contributed by atoms with Crippen LogP contribution in [0.4, 0.5) is 8.78 Å². The number of morpholine rings is 1. The van der Waals surface area contributed by atoms with Crippen molar-refractivity contribution in [1.82, 2.24) is 10.2 Å². The second-order valence-corrected chi connectivity index (χ2v) is 7.43. The summed E-state index contributed by atoms with van der Waals surface area (Å²) in [6.07, 6.45) is 3.02. The molecule has 0 unspecified atom stereocenters. The van der Waals surface area contributed by atoms with Gasteiger partial charge in [-0.15, -0.1) is 0 Å². The minimum atomic E-state index is -2.51. The SMILES string of the molecule is C[C@H]1OCCN[C@@H]1C(=O)N1CCC2(CC1)C(F)(F)C21CCC1. The number of amides is 1. The Labute approximate surface area is 129 Å². The molecule has 1 amide bonds. The highest BCUT2D eigenvalue weighted by Crippen LogP contribution is 2.85. The van der Waals surface area contributed by atoms with Crippen molar-refractivity contribution in [1.29, 1.82) is 0 Å². The third-order valence-corrected chi connectivity index (χ3v) is 6.77. The number of halogens is 2. The highest BCUT2D eigenvalue weighted by Gasteiger charge is 2.91. The maximum atomic E-state index is 14.4. The molecule has 6 heteroatoms. The number of hydrogen-bond acceptors (Lipinski definition) is 3. The van der Waals surface area contributed by atoms with Crippen LogP contribution in [-0.4, -0.2) is 55.1 Å². The Morgan fingerprint density at radius 2 is 1.82 bits per heavy atom. The van der Waals surface area contributed by atoms with E-state index in [1.807, 2.05) is 6.92 Å². The van der Waals surface area contributed by atoms with E-state index in [1.54, 1.807) is 4.90 Å². The molecule has 4 fully saturated rings. The molecule has 0 aromatic rings. The molecule has 4 rings (SSSR count). The topological polar surface area (TPSA) is 41.6 Å². The van der Waals surface area contributed by atoms with Gasteiger partial charge in [-0.3, -0.25) is 4.79 Å². The fourth-order valence-electron chi connectivity index (χ4n) is 5.17. The zero-order valence-corrected chi connectivity index (χ0v) is 13.0. The van der Waals surface area contributed by atoms with Crippen molar-refractivity contribution in [3.05, 3.63) is 0 Å². The standard InChI is InChI=1S/C16H24F2N2O2/c1-11-12(19-7-10-22-11)13(21)20-8-5-15(6-9-20)14(3-2-4-14)16(15,17)18/h11-12,19H,2-10H2,1H3/t11-,12+/m1/s1. The summed E-state index contributed by atoms with van der Waals surface area (Å²) in [5.74, 6) is -2.50. The van der Waals surface area contributed by atoms with Crippen LogP contribution in [0.2, 0.25) is 0 Å². The van der Waals surface area contributed by atoms with Gasteiger partial charge in [-0.05, 0) is 32.6 Å². The number of hydrogen-bond donors (Lipinski definition) is 1. The van der Waals surface area contributed by atoms with Crippen LogP contribution >= 0.6 is 0 Å². The molecular weight excluding hydrogens is 290 g/mol. The van der Waals surface area contributed by atoms with Gasteiger partial charge < -0.3 is 15.0 Å². The van der Waals surface area contributed by atoms with Gasteiger partial charge in [0.05, 0.1) is 12.7 Å². The molecule has 2 aliphatic heterocycles. The summed E-state index contributed by atoms with van der Waals surface area (Å²) in [6, 6.07) is -0.333. The lowest BCUT2D eigenvalue weighted by Gasteiger charge is -2.39.